The molecule has 11 atom stereocenters. The van der Waals surface area contributed by atoms with Crippen LogP contribution in [0.4, 0.5) is 0 Å². The number of aliphatic hydroxyl groups is 1. The van der Waals surface area contributed by atoms with Crippen LogP contribution in [0.3, 0.4) is 0 Å². The van der Waals surface area contributed by atoms with E-state index in [1.807, 2.05) is 0 Å². The van der Waals surface area contributed by atoms with Crippen LogP contribution in [0, 0.1) is 46.3 Å². The average molecular weight is 791 g/mol. The van der Waals surface area contributed by atoms with Gasteiger partial charge in [0.05, 0.1) is 38.3 Å². The molecule has 4 aliphatic rings. The molecule has 0 aromatic rings. The van der Waals surface area contributed by atoms with Crippen LogP contribution in [0.5, 0.6) is 0 Å². The summed E-state index contributed by atoms with van der Waals surface area (Å²) >= 11 is 0. The second kappa shape index (κ2) is 20.4. The Morgan fingerprint density at radius 3 is 1.95 bits per heavy atom. The molecule has 0 saturated heterocycles. The Labute approximate surface area is 330 Å². The van der Waals surface area contributed by atoms with E-state index in [0.717, 1.165) is 51.2 Å². The van der Waals surface area contributed by atoms with Gasteiger partial charge >= 0.3 is 17.9 Å². The molecule has 15 nitrogen and oxygen atoms in total. The fourth-order valence-corrected chi connectivity index (χ4v) is 11.8. The van der Waals surface area contributed by atoms with Crippen LogP contribution in [0.15, 0.2) is 0 Å². The highest BCUT2D eigenvalue weighted by Crippen LogP contribution is 2.68. The van der Waals surface area contributed by atoms with Gasteiger partial charge in [-0.15, -0.1) is 0 Å². The van der Waals surface area contributed by atoms with Crippen LogP contribution in [0.2, 0.25) is 0 Å². The first-order chi connectivity index (χ1) is 26.6. The van der Waals surface area contributed by atoms with Crippen molar-refractivity contribution in [2.24, 2.45) is 46.3 Å². The van der Waals surface area contributed by atoms with E-state index in [-0.39, 0.29) is 93.1 Å². The van der Waals surface area contributed by atoms with Crippen molar-refractivity contribution in [3.05, 3.63) is 0 Å². The lowest BCUT2D eigenvalue weighted by Gasteiger charge is -2.62. The van der Waals surface area contributed by atoms with E-state index in [4.69, 9.17) is 0 Å². The molecule has 56 heavy (non-hydrogen) atoms. The Morgan fingerprint density at radius 1 is 0.750 bits per heavy atom. The molecule has 1 amide bonds. The third-order valence-electron chi connectivity index (χ3n) is 14.7. The number of hydrogen-bond donors (Lipinski definition) is 5. The monoisotopic (exact) mass is 790 g/mol. The minimum atomic E-state index is -1.19. The summed E-state index contributed by atoms with van der Waals surface area (Å²) in [4.78, 5) is 86.8. The second-order valence-electron chi connectivity index (χ2n) is 17.8. The zero-order chi connectivity index (χ0) is 41.2. The standard InChI is InChI=1S/C41H66N4O11/c1-27(4-9-36(51)52)31-6-7-32-39-33(11-13-41(31,32)3)40(2)12-10-29(22-28(40)23-34(39)49)42-35(50)8-5-30(26-48)45(16-14-43(18-20-46)19-21-47)17-15-44(24-37(53)54)25-38(55)56/h20-21,26-34,39,49H,4-19,22-25H2,1-3H3,(H,42,50)(H,51,52)(H,53,54)(H,55,56)/t27?,28-,29-,30-,31+,32?,33?,34+,39?,40-,41+/m0/s1. The number of nitrogens with zero attached hydrogens (tertiary/aromatic N) is 3. The minimum absolute atomic E-state index is 0.000637. The van der Waals surface area contributed by atoms with E-state index in [1.54, 1.807) is 9.80 Å². The maximum Gasteiger partial charge on any atom is 0.317 e. The van der Waals surface area contributed by atoms with Crippen molar-refractivity contribution >= 4 is 42.7 Å². The van der Waals surface area contributed by atoms with Crippen molar-refractivity contribution in [1.29, 1.82) is 0 Å². The molecule has 5 N–H and O–H groups in total. The molecule has 0 bridgehead atoms. The molecule has 0 spiro atoms. The third-order valence-corrected chi connectivity index (χ3v) is 14.7. The molecule has 4 saturated carbocycles. The molecule has 0 radical (unpaired) electrons. The molecule has 4 fully saturated rings. The van der Waals surface area contributed by atoms with E-state index in [9.17, 15) is 54.0 Å². The van der Waals surface area contributed by atoms with Gasteiger partial charge in [0.25, 0.3) is 0 Å². The van der Waals surface area contributed by atoms with Crippen LogP contribution in [-0.2, 0) is 33.6 Å². The fraction of sp³-hybridized carbons (Fsp3) is 0.829. The molecule has 0 heterocycles. The van der Waals surface area contributed by atoms with Crippen LogP contribution >= 0.6 is 0 Å². The summed E-state index contributed by atoms with van der Waals surface area (Å²) in [6.07, 6.45) is 10.3. The molecule has 15 heteroatoms. The first kappa shape index (κ1) is 45.4. The first-order valence-corrected chi connectivity index (χ1v) is 20.7. The van der Waals surface area contributed by atoms with Crippen LogP contribution < -0.4 is 5.32 Å². The second-order valence-corrected chi connectivity index (χ2v) is 17.8. The number of rotatable bonds is 24. The molecule has 4 rings (SSSR count). The maximum absolute atomic E-state index is 13.4. The highest BCUT2D eigenvalue weighted by molar-refractivity contribution is 5.77. The highest BCUT2D eigenvalue weighted by atomic mass is 16.4. The SMILES string of the molecule is CC(CCC(=O)O)[C@H]1CCC2C3C(CC[C@@]21C)[C@@]1(C)CC[C@H](NC(=O)CC[C@@H](C=O)N(CCN(CC=O)CC=O)CCN(CC(=O)O)CC(=O)O)C[C@H]1C[C@H]3O. The molecule has 0 aliphatic heterocycles. The topological polar surface area (TPSA) is 222 Å². The number of carbonyl (C=O) groups excluding carboxylic acids is 4. The number of aldehydes is 3. The lowest BCUT2D eigenvalue weighted by Crippen LogP contribution is -2.59. The largest absolute Gasteiger partial charge is 0.481 e. The van der Waals surface area contributed by atoms with Crippen LogP contribution in [0.25, 0.3) is 0 Å². The normalized spacial score (nSPS) is 32.2. The molecular weight excluding hydrogens is 724 g/mol. The van der Waals surface area contributed by atoms with Crippen molar-refractivity contribution < 1.29 is 54.0 Å². The van der Waals surface area contributed by atoms with Crippen molar-refractivity contribution in [1.82, 2.24) is 20.0 Å². The van der Waals surface area contributed by atoms with Crippen LogP contribution in [-0.4, -0.2) is 148 Å². The molecule has 316 valence electrons. The van der Waals surface area contributed by atoms with Crippen molar-refractivity contribution in [3.63, 3.8) is 0 Å². The van der Waals surface area contributed by atoms with E-state index in [2.05, 4.69) is 26.1 Å². The van der Waals surface area contributed by atoms with Gasteiger partial charge in [0, 0.05) is 45.1 Å². The maximum atomic E-state index is 13.4. The number of carboxylic acids is 3. The van der Waals surface area contributed by atoms with Crippen molar-refractivity contribution in [2.45, 2.75) is 116 Å². The highest BCUT2D eigenvalue weighted by Gasteiger charge is 2.63. The molecule has 4 unspecified atom stereocenters. The summed E-state index contributed by atoms with van der Waals surface area (Å²) in [6.45, 7) is 6.60. The summed E-state index contributed by atoms with van der Waals surface area (Å²) in [7, 11) is 0. The van der Waals surface area contributed by atoms with Crippen molar-refractivity contribution in [3.8, 4) is 0 Å². The summed E-state index contributed by atoms with van der Waals surface area (Å²) in [5.74, 6) is -1.23. The number of carbonyl (C=O) groups is 7. The van der Waals surface area contributed by atoms with E-state index in [1.165, 1.54) is 4.90 Å². The Hall–Kier alpha value is -3.27. The number of aliphatic carboxylic acids is 3. The number of aliphatic hydroxyl groups excluding tert-OH is 1. The average Bonchev–Trinajstić information content (AvgIpc) is 3.48. The first-order valence-electron chi connectivity index (χ1n) is 20.7. The summed E-state index contributed by atoms with van der Waals surface area (Å²) in [5, 5.41) is 42.9. The Kier molecular flexibility index (Phi) is 16.6. The zero-order valence-corrected chi connectivity index (χ0v) is 33.6. The van der Waals surface area contributed by atoms with Crippen molar-refractivity contribution in [2.75, 3.05) is 52.4 Å². The predicted molar refractivity (Wildman–Crippen MR) is 206 cm³/mol. The van der Waals surface area contributed by atoms with E-state index >= 15 is 0 Å². The number of nitrogens with one attached hydrogen (secondary N) is 1. The van der Waals surface area contributed by atoms with Gasteiger partial charge in [0.1, 0.15) is 18.9 Å². The molecule has 4 aliphatic carbocycles. The van der Waals surface area contributed by atoms with E-state index < -0.39 is 43.1 Å². The minimum Gasteiger partial charge on any atom is -0.481 e. The summed E-state index contributed by atoms with van der Waals surface area (Å²) in [5.41, 5.74) is 0.156. The van der Waals surface area contributed by atoms with Gasteiger partial charge in [0.15, 0.2) is 0 Å². The van der Waals surface area contributed by atoms with Gasteiger partial charge in [-0.2, -0.15) is 0 Å². The van der Waals surface area contributed by atoms with Crippen LogP contribution in [0.1, 0.15) is 97.8 Å². The molecule has 0 aromatic carbocycles. The van der Waals surface area contributed by atoms with Gasteiger partial charge < -0.3 is 40.1 Å². The lowest BCUT2D eigenvalue weighted by atomic mass is 9.43. The Balaban J connectivity index is 1.36. The smallest absolute Gasteiger partial charge is 0.317 e. The number of fused-ring (bicyclic) bond motifs is 5. The molecule has 0 aromatic heterocycles. The zero-order valence-electron chi connectivity index (χ0n) is 33.6. The fourth-order valence-electron chi connectivity index (χ4n) is 11.8. The molecular formula is C41H66N4O11. The number of amides is 1. The number of hydrogen-bond acceptors (Lipinski definition) is 11. The van der Waals surface area contributed by atoms with Gasteiger partial charge in [-0.25, -0.2) is 0 Å². The van der Waals surface area contributed by atoms with Gasteiger partial charge in [-0.1, -0.05) is 20.8 Å². The van der Waals surface area contributed by atoms with Gasteiger partial charge in [-0.05, 0) is 111 Å². The van der Waals surface area contributed by atoms with E-state index in [0.29, 0.717) is 49.1 Å². The summed E-state index contributed by atoms with van der Waals surface area (Å²) < 4.78 is 0. The number of carboxylic acid groups (broad SMARTS) is 3. The Morgan fingerprint density at radius 2 is 1.36 bits per heavy atom. The summed E-state index contributed by atoms with van der Waals surface area (Å²) in [6, 6.07) is -0.810. The van der Waals surface area contributed by atoms with Gasteiger partial charge in [-0.3, -0.25) is 33.9 Å². The quantitative estimate of drug-likeness (QED) is 0.0887. The predicted octanol–water partition coefficient (Wildman–Crippen LogP) is 2.42. The lowest BCUT2D eigenvalue weighted by molar-refractivity contribution is -0.167. The third kappa shape index (κ3) is 11.2. The van der Waals surface area contributed by atoms with Gasteiger partial charge in [0.2, 0.25) is 5.91 Å². The Bertz CT molecular complexity index is 1370.